The molecule has 0 saturated heterocycles. The molecular weight excluding hydrogens is 898 g/mol. The van der Waals surface area contributed by atoms with Crippen LogP contribution in [-0.4, -0.2) is 82.7 Å². The van der Waals surface area contributed by atoms with Crippen molar-refractivity contribution < 1.29 is 38.2 Å². The summed E-state index contributed by atoms with van der Waals surface area (Å²) in [5, 5.41) is 22.2. The third-order valence-electron chi connectivity index (χ3n) is 8.90. The van der Waals surface area contributed by atoms with Crippen LogP contribution in [-0.2, 0) is 27.4 Å². The van der Waals surface area contributed by atoms with Gasteiger partial charge in [-0.05, 0) is 76.5 Å². The predicted molar refractivity (Wildman–Crippen MR) is 224 cm³/mol. The molecule has 61 heavy (non-hydrogen) atoms. The number of hydrogen-bond acceptors (Lipinski definition) is 14. The van der Waals surface area contributed by atoms with Crippen molar-refractivity contribution in [3.8, 4) is 11.5 Å². The minimum atomic E-state index is -0.660. The van der Waals surface area contributed by atoms with Crippen molar-refractivity contribution in [3.05, 3.63) is 126 Å². The Bertz CT molecular complexity index is 2480. The van der Waals surface area contributed by atoms with Crippen molar-refractivity contribution in [3.63, 3.8) is 0 Å². The topological polar surface area (TPSA) is 200 Å². The van der Waals surface area contributed by atoms with E-state index in [2.05, 4.69) is 31.1 Å². The quantitative estimate of drug-likeness (QED) is 0.0586. The number of Topliss-reactive ketones (excluding diaryl/α,β-unsaturated/α-hetero) is 4. The van der Waals surface area contributed by atoms with Gasteiger partial charge >= 0.3 is 5.97 Å². The van der Waals surface area contributed by atoms with Gasteiger partial charge in [-0.2, -0.15) is 0 Å². The first-order chi connectivity index (χ1) is 28.9. The fourth-order valence-corrected chi connectivity index (χ4v) is 7.42. The highest BCUT2D eigenvalue weighted by molar-refractivity contribution is 6.44. The molecule has 0 spiro atoms. The molecule has 2 aliphatic carbocycles. The van der Waals surface area contributed by atoms with Gasteiger partial charge < -0.3 is 14.2 Å². The second-order valence-corrected chi connectivity index (χ2v) is 14.9. The predicted octanol–water partition coefficient (Wildman–Crippen LogP) is 8.23. The largest absolute Gasteiger partial charge is 0.488 e. The Kier molecular flexibility index (Phi) is 16.7. The van der Waals surface area contributed by atoms with Gasteiger partial charge in [0.1, 0.15) is 37.2 Å². The maximum Gasteiger partial charge on any atom is 0.343 e. The van der Waals surface area contributed by atoms with E-state index in [1.807, 2.05) is 0 Å². The molecule has 0 radical (unpaired) electrons. The highest BCUT2D eigenvalue weighted by atomic mass is 35.5. The first-order valence-electron chi connectivity index (χ1n) is 18.1. The highest BCUT2D eigenvalue weighted by Gasteiger charge is 2.33. The Hall–Kier alpha value is -5.52. The molecule has 5 aromatic rings. The fourth-order valence-electron chi connectivity index (χ4n) is 5.97. The van der Waals surface area contributed by atoms with E-state index in [0.29, 0.717) is 37.9 Å². The number of benzene rings is 3. The van der Waals surface area contributed by atoms with E-state index in [-0.39, 0.29) is 110 Å². The SMILES string of the molecule is C.O=C1CCCC(Cl)=C1C(=O)c1ccc(Cl)c(OCCn2cnnn2)c1Cl.O=C1CCCC(OC(=O)c2ccccc2)=C1C(=O)c1ccc(Cl)c(OCCn2cnnn2)c1Cl. The van der Waals surface area contributed by atoms with E-state index in [1.165, 1.54) is 46.3 Å². The van der Waals surface area contributed by atoms with E-state index >= 15 is 0 Å². The average molecular weight is 933 g/mol. The van der Waals surface area contributed by atoms with Crippen LogP contribution in [0.3, 0.4) is 0 Å². The molecule has 0 fully saturated rings. The van der Waals surface area contributed by atoms with Crippen LogP contribution in [0.2, 0.25) is 20.1 Å². The molecule has 3 aromatic carbocycles. The summed E-state index contributed by atoms with van der Waals surface area (Å²) in [6.07, 6.45) is 5.18. The van der Waals surface area contributed by atoms with Crippen LogP contribution in [0.5, 0.6) is 11.5 Å². The van der Waals surface area contributed by atoms with Crippen molar-refractivity contribution in [1.82, 2.24) is 40.4 Å². The summed E-state index contributed by atoms with van der Waals surface area (Å²) >= 11 is 31.3. The molecule has 2 aliphatic rings. The number of nitrogens with zero attached hydrogens (tertiary/aromatic N) is 8. The number of hydrogen-bond donors (Lipinski definition) is 0. The number of ketones is 4. The summed E-state index contributed by atoms with van der Waals surface area (Å²) in [6, 6.07) is 14.1. The van der Waals surface area contributed by atoms with Crippen LogP contribution in [0.4, 0.5) is 0 Å². The van der Waals surface area contributed by atoms with Gasteiger partial charge in [0.05, 0.1) is 44.3 Å². The third-order valence-corrected chi connectivity index (χ3v) is 10.6. The summed E-state index contributed by atoms with van der Waals surface area (Å²) in [6.45, 7) is 1.00. The molecule has 21 heteroatoms. The zero-order chi connectivity index (χ0) is 42.8. The lowest BCUT2D eigenvalue weighted by Gasteiger charge is -2.19. The number of rotatable bonds is 14. The first kappa shape index (κ1) is 46.5. The maximum atomic E-state index is 13.4. The Labute approximate surface area is 373 Å². The average Bonchev–Trinajstić information content (AvgIpc) is 3.96. The lowest BCUT2D eigenvalue weighted by Crippen LogP contribution is -2.22. The maximum absolute atomic E-state index is 13.4. The van der Waals surface area contributed by atoms with Crippen LogP contribution in [0.1, 0.15) is 77.0 Å². The van der Waals surface area contributed by atoms with Gasteiger partial charge in [0.25, 0.3) is 0 Å². The Morgan fingerprint density at radius 1 is 0.623 bits per heavy atom. The molecule has 0 amide bonds. The second-order valence-electron chi connectivity index (χ2n) is 12.9. The van der Waals surface area contributed by atoms with Gasteiger partial charge in [-0.1, -0.05) is 83.6 Å². The van der Waals surface area contributed by atoms with Crippen LogP contribution < -0.4 is 9.47 Å². The van der Waals surface area contributed by atoms with Gasteiger partial charge in [0.15, 0.2) is 28.8 Å². The van der Waals surface area contributed by atoms with Crippen molar-refractivity contribution in [2.45, 2.75) is 59.0 Å². The van der Waals surface area contributed by atoms with Gasteiger partial charge in [-0.3, -0.25) is 19.2 Å². The smallest absolute Gasteiger partial charge is 0.343 e. The number of halogens is 5. The highest BCUT2D eigenvalue weighted by Crippen LogP contribution is 2.39. The Balaban J connectivity index is 0.000000235. The summed E-state index contributed by atoms with van der Waals surface area (Å²) < 4.78 is 19.7. The molecule has 0 unspecified atom stereocenters. The molecule has 2 aromatic heterocycles. The summed E-state index contributed by atoms with van der Waals surface area (Å²) in [4.78, 5) is 63.5. The zero-order valence-corrected chi connectivity index (χ0v) is 34.9. The number of carbonyl (C=O) groups is 5. The molecule has 7 rings (SSSR count). The van der Waals surface area contributed by atoms with Crippen molar-refractivity contribution in [2.24, 2.45) is 0 Å². The molecular formula is C40H35Cl5N8O8. The van der Waals surface area contributed by atoms with Gasteiger partial charge in [-0.25, -0.2) is 14.2 Å². The molecule has 0 aliphatic heterocycles. The lowest BCUT2D eigenvalue weighted by molar-refractivity contribution is -0.116. The van der Waals surface area contributed by atoms with Crippen LogP contribution in [0.15, 0.2) is 89.2 Å². The zero-order valence-electron chi connectivity index (χ0n) is 31.2. The number of ether oxygens (including phenoxy) is 3. The number of esters is 1. The normalized spacial score (nSPS) is 13.9. The summed E-state index contributed by atoms with van der Waals surface area (Å²) in [5.41, 5.74) is 0.239. The molecule has 0 saturated carbocycles. The second kappa shape index (κ2) is 21.8. The minimum Gasteiger partial charge on any atom is -0.488 e. The van der Waals surface area contributed by atoms with Gasteiger partial charge in [0, 0.05) is 35.4 Å². The van der Waals surface area contributed by atoms with E-state index in [0.717, 1.165) is 0 Å². The molecule has 2 heterocycles. The summed E-state index contributed by atoms with van der Waals surface area (Å²) in [5.74, 6) is -2.25. The molecule has 318 valence electrons. The Morgan fingerprint density at radius 3 is 1.61 bits per heavy atom. The lowest BCUT2D eigenvalue weighted by atomic mass is 9.90. The van der Waals surface area contributed by atoms with Crippen LogP contribution in [0, 0.1) is 0 Å². The van der Waals surface area contributed by atoms with Crippen molar-refractivity contribution in [2.75, 3.05) is 13.2 Å². The number of tetrazole rings is 2. The third kappa shape index (κ3) is 11.4. The standard InChI is InChI=1S/C23H18Cl2N4O5.C16H13Cl3N4O3.CH4/c24-16-10-9-15(20(25)22(16)33-12-11-29-13-26-27-28-29)21(31)19-17(30)7-4-8-18(19)34-23(32)14-5-2-1-3-6-14;17-10-2-1-3-12(24)13(10)15(25)9-4-5-11(18)16(14(9)19)26-7-6-23-8-20-21-22-23;/h1-3,5-6,9-10,13H,4,7-8,11-12H2;4-5,8H,1-3,6-7H2;1H4. The van der Waals surface area contributed by atoms with E-state index < -0.39 is 23.3 Å². The van der Waals surface area contributed by atoms with Gasteiger partial charge in [-0.15, -0.1) is 10.2 Å². The number of aromatic nitrogens is 8. The van der Waals surface area contributed by atoms with E-state index in [1.54, 1.807) is 30.3 Å². The number of allylic oxidation sites excluding steroid dienone is 4. The Morgan fingerprint density at radius 2 is 1.11 bits per heavy atom. The van der Waals surface area contributed by atoms with E-state index in [9.17, 15) is 24.0 Å². The fraction of sp³-hybridized carbons (Fsp3) is 0.275. The first-order valence-corrected chi connectivity index (χ1v) is 20.0. The van der Waals surface area contributed by atoms with E-state index in [4.69, 9.17) is 72.2 Å². The van der Waals surface area contributed by atoms with Crippen LogP contribution in [0.25, 0.3) is 0 Å². The molecule has 0 atom stereocenters. The molecule has 0 bridgehead atoms. The van der Waals surface area contributed by atoms with Crippen molar-refractivity contribution >= 4 is 87.1 Å². The van der Waals surface area contributed by atoms with Crippen LogP contribution >= 0.6 is 58.0 Å². The molecule has 16 nitrogen and oxygen atoms in total. The van der Waals surface area contributed by atoms with Crippen molar-refractivity contribution in [1.29, 1.82) is 0 Å². The van der Waals surface area contributed by atoms with Gasteiger partial charge in [0.2, 0.25) is 5.78 Å². The number of carbonyl (C=O) groups excluding carboxylic acids is 5. The minimum absolute atomic E-state index is 0. The monoisotopic (exact) mass is 930 g/mol. The summed E-state index contributed by atoms with van der Waals surface area (Å²) in [7, 11) is 0. The molecule has 0 N–H and O–H groups in total.